The van der Waals surface area contributed by atoms with E-state index >= 15 is 0 Å². The predicted octanol–water partition coefficient (Wildman–Crippen LogP) is 3.04. The van der Waals surface area contributed by atoms with Crippen LogP contribution in [0.4, 0.5) is 0 Å². The number of thiophene rings is 1. The fourth-order valence-electron chi connectivity index (χ4n) is 0.999. The lowest BCUT2D eigenvalue weighted by Gasteiger charge is -2.06. The van der Waals surface area contributed by atoms with Gasteiger partial charge in [-0.2, -0.15) is 0 Å². The summed E-state index contributed by atoms with van der Waals surface area (Å²) in [6.45, 7) is 2.99. The first-order valence-electron chi connectivity index (χ1n) is 4.16. The fourth-order valence-corrected chi connectivity index (χ4v) is 2.57. The number of halogens is 1. The van der Waals surface area contributed by atoms with E-state index in [4.69, 9.17) is 5.73 Å². The van der Waals surface area contributed by atoms with E-state index in [1.165, 1.54) is 15.8 Å². The monoisotopic (exact) mass is 247 g/mol. The highest BCUT2D eigenvalue weighted by Crippen LogP contribution is 2.24. The molecule has 12 heavy (non-hydrogen) atoms. The molecule has 0 spiro atoms. The van der Waals surface area contributed by atoms with Gasteiger partial charge in [-0.3, -0.25) is 0 Å². The second-order valence-electron chi connectivity index (χ2n) is 3.07. The molecule has 1 rings (SSSR count). The minimum atomic E-state index is 0.638. The fraction of sp³-hybridized carbons (Fsp3) is 0.556. The molecule has 0 fully saturated rings. The molecule has 0 saturated carbocycles. The highest BCUT2D eigenvalue weighted by molar-refractivity contribution is 9.10. The van der Waals surface area contributed by atoms with E-state index in [-0.39, 0.29) is 0 Å². The van der Waals surface area contributed by atoms with E-state index in [1.807, 2.05) is 11.3 Å². The van der Waals surface area contributed by atoms with E-state index < -0.39 is 0 Å². The Morgan fingerprint density at radius 1 is 1.67 bits per heavy atom. The maximum Gasteiger partial charge on any atom is 0.0314 e. The van der Waals surface area contributed by atoms with Gasteiger partial charge in [0.1, 0.15) is 0 Å². The Kier molecular flexibility index (Phi) is 4.26. The molecule has 0 radical (unpaired) electrons. The minimum Gasteiger partial charge on any atom is -0.330 e. The Labute approximate surface area is 86.1 Å². The van der Waals surface area contributed by atoms with E-state index in [1.54, 1.807) is 0 Å². The Morgan fingerprint density at radius 2 is 2.42 bits per heavy atom. The van der Waals surface area contributed by atoms with Crippen LogP contribution in [0.25, 0.3) is 0 Å². The number of rotatable bonds is 4. The van der Waals surface area contributed by atoms with Crippen molar-refractivity contribution in [1.29, 1.82) is 0 Å². The number of hydrogen-bond donors (Lipinski definition) is 1. The van der Waals surface area contributed by atoms with Gasteiger partial charge in [-0.05, 0) is 52.7 Å². The number of hydrogen-bond acceptors (Lipinski definition) is 2. The van der Waals surface area contributed by atoms with Gasteiger partial charge in [0, 0.05) is 9.35 Å². The average molecular weight is 248 g/mol. The second kappa shape index (κ2) is 5.00. The molecule has 0 bridgehead atoms. The van der Waals surface area contributed by atoms with Crippen LogP contribution in [0.3, 0.4) is 0 Å². The number of aryl methyl sites for hydroxylation is 1. The molecule has 1 unspecified atom stereocenters. The zero-order valence-corrected chi connectivity index (χ0v) is 9.62. The summed E-state index contributed by atoms with van der Waals surface area (Å²) in [7, 11) is 0. The van der Waals surface area contributed by atoms with Crippen molar-refractivity contribution in [2.75, 3.05) is 6.54 Å². The molecular weight excluding hydrogens is 234 g/mol. The van der Waals surface area contributed by atoms with Gasteiger partial charge in [0.05, 0.1) is 0 Å². The van der Waals surface area contributed by atoms with Crippen molar-refractivity contribution in [3.63, 3.8) is 0 Å². The van der Waals surface area contributed by atoms with Gasteiger partial charge in [0.2, 0.25) is 0 Å². The van der Waals surface area contributed by atoms with Crippen LogP contribution in [0.15, 0.2) is 15.9 Å². The van der Waals surface area contributed by atoms with E-state index in [9.17, 15) is 0 Å². The topological polar surface area (TPSA) is 26.0 Å². The summed E-state index contributed by atoms with van der Waals surface area (Å²) in [5, 5.41) is 2.12. The normalized spacial score (nSPS) is 13.2. The molecule has 1 atom stereocenters. The summed E-state index contributed by atoms with van der Waals surface area (Å²) in [6.07, 6.45) is 2.34. The molecule has 1 heterocycles. The van der Waals surface area contributed by atoms with Crippen LogP contribution >= 0.6 is 27.3 Å². The van der Waals surface area contributed by atoms with Crippen LogP contribution in [0.5, 0.6) is 0 Å². The van der Waals surface area contributed by atoms with Crippen molar-refractivity contribution in [2.24, 2.45) is 11.7 Å². The molecule has 0 saturated heterocycles. The van der Waals surface area contributed by atoms with Gasteiger partial charge in [-0.1, -0.05) is 6.92 Å². The van der Waals surface area contributed by atoms with Crippen molar-refractivity contribution >= 4 is 27.3 Å². The largest absolute Gasteiger partial charge is 0.330 e. The maximum absolute atomic E-state index is 5.54. The predicted molar refractivity (Wildman–Crippen MR) is 58.6 cm³/mol. The summed E-state index contributed by atoms with van der Waals surface area (Å²) in [5.41, 5.74) is 5.54. The Hall–Kier alpha value is 0.140. The zero-order valence-electron chi connectivity index (χ0n) is 7.22. The molecule has 0 aliphatic heterocycles. The third kappa shape index (κ3) is 2.88. The van der Waals surface area contributed by atoms with Crippen molar-refractivity contribution in [3.8, 4) is 0 Å². The molecule has 1 aromatic heterocycles. The Bertz CT molecular complexity index is 234. The van der Waals surface area contributed by atoms with Gasteiger partial charge in [0.15, 0.2) is 0 Å². The van der Waals surface area contributed by atoms with Gasteiger partial charge < -0.3 is 5.73 Å². The molecular formula is C9H14BrNS. The SMILES string of the molecule is CC(CN)CCc1sccc1Br. The maximum atomic E-state index is 5.54. The standard InChI is InChI=1S/C9H14BrNS/c1-7(6-11)2-3-9-8(10)4-5-12-9/h4-5,7H,2-3,6,11H2,1H3. The van der Waals surface area contributed by atoms with Crippen LogP contribution in [0, 0.1) is 5.92 Å². The van der Waals surface area contributed by atoms with E-state index in [2.05, 4.69) is 34.3 Å². The third-order valence-electron chi connectivity index (χ3n) is 1.96. The van der Waals surface area contributed by atoms with Crippen molar-refractivity contribution in [1.82, 2.24) is 0 Å². The highest BCUT2D eigenvalue weighted by atomic mass is 79.9. The second-order valence-corrected chi connectivity index (χ2v) is 4.93. The minimum absolute atomic E-state index is 0.638. The summed E-state index contributed by atoms with van der Waals surface area (Å²) < 4.78 is 1.25. The average Bonchev–Trinajstić information content (AvgIpc) is 2.47. The van der Waals surface area contributed by atoms with Gasteiger partial charge in [0.25, 0.3) is 0 Å². The Balaban J connectivity index is 2.38. The zero-order chi connectivity index (χ0) is 8.97. The highest BCUT2D eigenvalue weighted by Gasteiger charge is 2.03. The molecule has 0 aromatic carbocycles. The first-order chi connectivity index (χ1) is 5.74. The summed E-state index contributed by atoms with van der Waals surface area (Å²) in [6, 6.07) is 2.10. The van der Waals surface area contributed by atoms with Crippen molar-refractivity contribution < 1.29 is 0 Å². The Morgan fingerprint density at radius 3 is 2.92 bits per heavy atom. The molecule has 1 nitrogen and oxygen atoms in total. The molecule has 3 heteroatoms. The van der Waals surface area contributed by atoms with Crippen LogP contribution in [-0.2, 0) is 6.42 Å². The molecule has 2 N–H and O–H groups in total. The smallest absolute Gasteiger partial charge is 0.0314 e. The van der Waals surface area contributed by atoms with Crippen molar-refractivity contribution in [3.05, 3.63) is 20.8 Å². The first kappa shape index (κ1) is 10.2. The van der Waals surface area contributed by atoms with Crippen LogP contribution in [0.2, 0.25) is 0 Å². The summed E-state index contributed by atoms with van der Waals surface area (Å²) >= 11 is 5.33. The van der Waals surface area contributed by atoms with Crippen LogP contribution in [-0.4, -0.2) is 6.54 Å². The lowest BCUT2D eigenvalue weighted by atomic mass is 10.1. The molecule has 1 aromatic rings. The quantitative estimate of drug-likeness (QED) is 0.870. The molecule has 0 aliphatic rings. The number of nitrogens with two attached hydrogens (primary N) is 1. The van der Waals surface area contributed by atoms with Gasteiger partial charge in [-0.15, -0.1) is 11.3 Å². The van der Waals surface area contributed by atoms with Crippen LogP contribution < -0.4 is 5.73 Å². The lowest BCUT2D eigenvalue weighted by molar-refractivity contribution is 0.546. The summed E-state index contributed by atoms with van der Waals surface area (Å²) in [4.78, 5) is 1.44. The first-order valence-corrected chi connectivity index (χ1v) is 5.83. The molecule has 0 amide bonds. The summed E-state index contributed by atoms with van der Waals surface area (Å²) in [5.74, 6) is 0.638. The van der Waals surface area contributed by atoms with E-state index in [0.717, 1.165) is 13.0 Å². The van der Waals surface area contributed by atoms with E-state index in [0.29, 0.717) is 5.92 Å². The molecule has 0 aliphatic carbocycles. The van der Waals surface area contributed by atoms with Gasteiger partial charge in [-0.25, -0.2) is 0 Å². The third-order valence-corrected chi connectivity index (χ3v) is 3.94. The van der Waals surface area contributed by atoms with Crippen LogP contribution in [0.1, 0.15) is 18.2 Å². The lowest BCUT2D eigenvalue weighted by Crippen LogP contribution is -2.11. The molecule has 68 valence electrons. The van der Waals surface area contributed by atoms with Crippen molar-refractivity contribution in [2.45, 2.75) is 19.8 Å². The van der Waals surface area contributed by atoms with Gasteiger partial charge >= 0.3 is 0 Å².